The average Bonchev–Trinajstić information content (AvgIpc) is 2.82. The molecule has 0 aliphatic heterocycles. The summed E-state index contributed by atoms with van der Waals surface area (Å²) in [4.78, 5) is 0. The van der Waals surface area contributed by atoms with Gasteiger partial charge < -0.3 is 0 Å². The maximum Gasteiger partial charge on any atom is 0.00881 e. The molecule has 0 N–H and O–H groups in total. The van der Waals surface area contributed by atoms with E-state index in [2.05, 4.69) is 34.6 Å². The van der Waals surface area contributed by atoms with Gasteiger partial charge in [-0.3, -0.25) is 0 Å². The molecule has 2 aliphatic rings. The molecular formula is C12H21BrS. The van der Waals surface area contributed by atoms with Crippen LogP contribution in [0.3, 0.4) is 0 Å². The van der Waals surface area contributed by atoms with Crippen LogP contribution in [0.4, 0.5) is 0 Å². The summed E-state index contributed by atoms with van der Waals surface area (Å²) in [5, 5.41) is 1.25. The van der Waals surface area contributed by atoms with Gasteiger partial charge in [-0.2, -0.15) is 11.8 Å². The summed E-state index contributed by atoms with van der Waals surface area (Å²) in [6.07, 6.45) is 7.51. The highest BCUT2D eigenvalue weighted by molar-refractivity contribution is 9.09. The van der Waals surface area contributed by atoms with Crippen molar-refractivity contribution >= 4 is 27.7 Å². The summed E-state index contributed by atoms with van der Waals surface area (Å²) >= 11 is 5.84. The molecule has 0 amide bonds. The fraction of sp³-hybridized carbons (Fsp3) is 1.00. The molecule has 2 saturated carbocycles. The van der Waals surface area contributed by atoms with Crippen LogP contribution in [0, 0.1) is 17.3 Å². The van der Waals surface area contributed by atoms with Crippen molar-refractivity contribution in [3.8, 4) is 0 Å². The molecule has 0 nitrogen and oxygen atoms in total. The van der Waals surface area contributed by atoms with Gasteiger partial charge in [-0.05, 0) is 60.9 Å². The van der Waals surface area contributed by atoms with E-state index in [0.29, 0.717) is 5.41 Å². The molecule has 2 atom stereocenters. The van der Waals surface area contributed by atoms with Gasteiger partial charge in [-0.15, -0.1) is 0 Å². The first-order chi connectivity index (χ1) is 6.79. The topological polar surface area (TPSA) is 0 Å². The van der Waals surface area contributed by atoms with Gasteiger partial charge >= 0.3 is 0 Å². The molecule has 0 spiro atoms. The normalized spacial score (nSPS) is 39.9. The molecule has 0 heterocycles. The van der Waals surface area contributed by atoms with Gasteiger partial charge in [-0.1, -0.05) is 22.9 Å². The van der Waals surface area contributed by atoms with Crippen molar-refractivity contribution < 1.29 is 0 Å². The van der Waals surface area contributed by atoms with Gasteiger partial charge in [0.2, 0.25) is 0 Å². The highest BCUT2D eigenvalue weighted by atomic mass is 79.9. The van der Waals surface area contributed by atoms with Gasteiger partial charge in [0.25, 0.3) is 0 Å². The van der Waals surface area contributed by atoms with E-state index < -0.39 is 0 Å². The lowest BCUT2D eigenvalue weighted by molar-refractivity contribution is 0.283. The highest BCUT2D eigenvalue weighted by Crippen LogP contribution is 2.61. The number of hydrogen-bond donors (Lipinski definition) is 0. The van der Waals surface area contributed by atoms with Crippen LogP contribution in [0.1, 0.15) is 39.0 Å². The first-order valence-corrected chi connectivity index (χ1v) is 8.21. The molecular weight excluding hydrogens is 256 g/mol. The Hall–Kier alpha value is 0.830. The van der Waals surface area contributed by atoms with Crippen LogP contribution in [0.5, 0.6) is 0 Å². The lowest BCUT2D eigenvalue weighted by atomic mass is 9.81. The predicted octanol–water partition coefficient (Wildman–Crippen LogP) is 4.33. The van der Waals surface area contributed by atoms with Gasteiger partial charge in [0.1, 0.15) is 0 Å². The lowest BCUT2D eigenvalue weighted by Gasteiger charge is -2.28. The van der Waals surface area contributed by atoms with E-state index in [9.17, 15) is 0 Å². The van der Waals surface area contributed by atoms with Crippen molar-refractivity contribution in [1.29, 1.82) is 0 Å². The number of hydrogen-bond acceptors (Lipinski definition) is 1. The summed E-state index contributed by atoms with van der Waals surface area (Å²) in [6, 6.07) is 0. The molecule has 82 valence electrons. The van der Waals surface area contributed by atoms with Gasteiger partial charge in [-0.25, -0.2) is 0 Å². The van der Waals surface area contributed by atoms with Crippen molar-refractivity contribution in [3.05, 3.63) is 0 Å². The van der Waals surface area contributed by atoms with Crippen LogP contribution in [0.25, 0.3) is 0 Å². The second kappa shape index (κ2) is 4.78. The zero-order valence-electron chi connectivity index (χ0n) is 9.10. The highest BCUT2D eigenvalue weighted by Gasteiger charge is 2.52. The van der Waals surface area contributed by atoms with E-state index in [1.54, 1.807) is 6.42 Å². The monoisotopic (exact) mass is 276 g/mol. The number of rotatable bonds is 6. The van der Waals surface area contributed by atoms with Crippen LogP contribution >= 0.6 is 27.7 Å². The molecule has 0 aromatic heterocycles. The zero-order valence-corrected chi connectivity index (χ0v) is 11.5. The fourth-order valence-electron chi connectivity index (χ4n) is 3.08. The molecule has 0 aromatic carbocycles. The van der Waals surface area contributed by atoms with Crippen LogP contribution in [0.2, 0.25) is 0 Å². The molecule has 0 aromatic rings. The van der Waals surface area contributed by atoms with Crippen LogP contribution in [-0.2, 0) is 0 Å². The summed E-state index contributed by atoms with van der Waals surface area (Å²) in [5.41, 5.74) is 0.710. The van der Waals surface area contributed by atoms with Gasteiger partial charge in [0.05, 0.1) is 0 Å². The van der Waals surface area contributed by atoms with Crippen molar-refractivity contribution in [2.24, 2.45) is 17.3 Å². The molecule has 2 unspecified atom stereocenters. The molecule has 2 rings (SSSR count). The molecule has 0 bridgehead atoms. The smallest absolute Gasteiger partial charge is 0.00881 e. The second-order valence-electron chi connectivity index (χ2n) is 5.10. The van der Waals surface area contributed by atoms with Crippen molar-refractivity contribution in [1.82, 2.24) is 0 Å². The summed E-state index contributed by atoms with van der Waals surface area (Å²) in [7, 11) is 0. The minimum Gasteiger partial charge on any atom is -0.162 e. The van der Waals surface area contributed by atoms with E-state index >= 15 is 0 Å². The SMILES string of the molecule is CCSCCCC1(CBr)CC2CC2C1. The average molecular weight is 277 g/mol. The Kier molecular flexibility index (Phi) is 3.86. The summed E-state index contributed by atoms with van der Waals surface area (Å²) < 4.78 is 0. The van der Waals surface area contributed by atoms with E-state index in [-0.39, 0.29) is 0 Å². The zero-order chi connectivity index (χ0) is 10.0. The Labute approximate surface area is 101 Å². The summed E-state index contributed by atoms with van der Waals surface area (Å²) in [5.74, 6) is 4.92. The van der Waals surface area contributed by atoms with Crippen molar-refractivity contribution in [3.63, 3.8) is 0 Å². The molecule has 0 saturated heterocycles. The molecule has 2 heteroatoms. The van der Waals surface area contributed by atoms with E-state index in [1.165, 1.54) is 42.5 Å². The third-order valence-electron chi connectivity index (χ3n) is 3.94. The van der Waals surface area contributed by atoms with Gasteiger partial charge in [0, 0.05) is 5.33 Å². The Morgan fingerprint density at radius 1 is 1.36 bits per heavy atom. The Balaban J connectivity index is 1.70. The Morgan fingerprint density at radius 2 is 2.07 bits per heavy atom. The van der Waals surface area contributed by atoms with Crippen molar-refractivity contribution in [2.45, 2.75) is 39.0 Å². The largest absolute Gasteiger partial charge is 0.162 e. The van der Waals surface area contributed by atoms with Gasteiger partial charge in [0.15, 0.2) is 0 Å². The predicted molar refractivity (Wildman–Crippen MR) is 69.3 cm³/mol. The van der Waals surface area contributed by atoms with Crippen LogP contribution in [0.15, 0.2) is 0 Å². The Bertz CT molecular complexity index is 183. The third-order valence-corrected chi connectivity index (χ3v) is 6.12. The lowest BCUT2D eigenvalue weighted by Crippen LogP contribution is -2.20. The number of thioether (sulfide) groups is 1. The molecule has 14 heavy (non-hydrogen) atoms. The van der Waals surface area contributed by atoms with E-state index in [4.69, 9.17) is 0 Å². The standard InChI is InChI=1S/C12H21BrS/c1-2-14-5-3-4-12(9-13)7-10-6-11(10)8-12/h10-11H,2-9H2,1H3. The first-order valence-electron chi connectivity index (χ1n) is 5.93. The van der Waals surface area contributed by atoms with Crippen LogP contribution < -0.4 is 0 Å². The minimum absolute atomic E-state index is 0.710. The maximum absolute atomic E-state index is 3.74. The molecule has 2 fully saturated rings. The third kappa shape index (κ3) is 2.49. The number of fused-ring (bicyclic) bond motifs is 1. The fourth-order valence-corrected chi connectivity index (χ4v) is 4.45. The second-order valence-corrected chi connectivity index (χ2v) is 7.05. The van der Waals surface area contributed by atoms with Crippen LogP contribution in [-0.4, -0.2) is 16.8 Å². The quantitative estimate of drug-likeness (QED) is 0.514. The van der Waals surface area contributed by atoms with E-state index in [1.807, 2.05) is 0 Å². The molecule has 2 aliphatic carbocycles. The van der Waals surface area contributed by atoms with Crippen molar-refractivity contribution in [2.75, 3.05) is 16.8 Å². The Morgan fingerprint density at radius 3 is 2.64 bits per heavy atom. The molecule has 0 radical (unpaired) electrons. The number of alkyl halides is 1. The van der Waals surface area contributed by atoms with E-state index in [0.717, 1.165) is 11.8 Å². The first kappa shape index (κ1) is 11.3. The maximum atomic E-state index is 3.74. The number of halogens is 1. The minimum atomic E-state index is 0.710. The summed E-state index contributed by atoms with van der Waals surface area (Å²) in [6.45, 7) is 2.26.